The summed E-state index contributed by atoms with van der Waals surface area (Å²) in [5, 5.41) is 0. The molecule has 7 nitrogen and oxygen atoms in total. The molecular formula is C19H18N2O5. The molecule has 1 aliphatic heterocycles. The van der Waals surface area contributed by atoms with E-state index in [1.165, 1.54) is 19.9 Å². The van der Waals surface area contributed by atoms with Gasteiger partial charge >= 0.3 is 11.9 Å². The summed E-state index contributed by atoms with van der Waals surface area (Å²) in [7, 11) is 0. The Morgan fingerprint density at radius 2 is 1.77 bits per heavy atom. The van der Waals surface area contributed by atoms with Crippen LogP contribution in [0.5, 0.6) is 11.8 Å². The average molecular weight is 354 g/mol. The predicted octanol–water partition coefficient (Wildman–Crippen LogP) is 2.65. The third-order valence-electron chi connectivity index (χ3n) is 4.06. The van der Waals surface area contributed by atoms with E-state index < -0.39 is 11.9 Å². The first-order valence-electron chi connectivity index (χ1n) is 8.13. The molecule has 0 aliphatic carbocycles. The van der Waals surface area contributed by atoms with Crippen LogP contribution in [-0.4, -0.2) is 27.7 Å². The Morgan fingerprint density at radius 3 is 2.38 bits per heavy atom. The number of amides is 1. The van der Waals surface area contributed by atoms with Crippen LogP contribution in [0.3, 0.4) is 0 Å². The number of hydrogen-bond donors (Lipinski definition) is 0. The molecule has 1 amide bonds. The lowest BCUT2D eigenvalue weighted by Crippen LogP contribution is -2.26. The molecule has 0 saturated heterocycles. The number of esters is 2. The Kier molecular flexibility index (Phi) is 4.71. The SMILES string of the molecule is CC(=O)Oc1cc2c(c(OC(C)=O)n1)C(C)N(Cc1ccccc1)C2=O. The third kappa shape index (κ3) is 3.42. The molecule has 2 aromatic rings. The van der Waals surface area contributed by atoms with E-state index in [-0.39, 0.29) is 23.7 Å². The molecule has 0 fully saturated rings. The number of carbonyl (C=O) groups is 3. The number of ether oxygens (including phenoxy) is 2. The van der Waals surface area contributed by atoms with Gasteiger partial charge in [0.05, 0.1) is 17.2 Å². The topological polar surface area (TPSA) is 85.8 Å². The lowest BCUT2D eigenvalue weighted by Gasteiger charge is -2.22. The van der Waals surface area contributed by atoms with Crippen LogP contribution in [0.1, 0.15) is 48.3 Å². The highest BCUT2D eigenvalue weighted by molar-refractivity contribution is 6.00. The van der Waals surface area contributed by atoms with Gasteiger partial charge in [-0.05, 0) is 12.5 Å². The number of carbonyl (C=O) groups excluding carboxylic acids is 3. The lowest BCUT2D eigenvalue weighted by molar-refractivity contribution is -0.132. The summed E-state index contributed by atoms with van der Waals surface area (Å²) in [6.45, 7) is 4.72. The number of rotatable bonds is 4. The van der Waals surface area contributed by atoms with Crippen molar-refractivity contribution in [1.29, 1.82) is 0 Å². The summed E-state index contributed by atoms with van der Waals surface area (Å²) in [6, 6.07) is 10.6. The second-order valence-electron chi connectivity index (χ2n) is 6.01. The molecule has 7 heteroatoms. The quantitative estimate of drug-likeness (QED) is 0.785. The molecule has 0 spiro atoms. The van der Waals surface area contributed by atoms with E-state index in [0.29, 0.717) is 17.7 Å². The van der Waals surface area contributed by atoms with Gasteiger partial charge < -0.3 is 14.4 Å². The first kappa shape index (κ1) is 17.6. The summed E-state index contributed by atoms with van der Waals surface area (Å²) in [6.07, 6.45) is 0. The van der Waals surface area contributed by atoms with Crippen molar-refractivity contribution in [3.8, 4) is 11.8 Å². The largest absolute Gasteiger partial charge is 0.408 e. The van der Waals surface area contributed by atoms with Crippen molar-refractivity contribution < 1.29 is 23.9 Å². The Labute approximate surface area is 150 Å². The fourth-order valence-electron chi connectivity index (χ4n) is 2.98. The van der Waals surface area contributed by atoms with Gasteiger partial charge in [-0.1, -0.05) is 30.3 Å². The van der Waals surface area contributed by atoms with Crippen LogP contribution < -0.4 is 9.47 Å². The maximum atomic E-state index is 12.9. The zero-order valence-electron chi connectivity index (χ0n) is 14.7. The molecule has 0 N–H and O–H groups in total. The zero-order valence-corrected chi connectivity index (χ0v) is 14.7. The zero-order chi connectivity index (χ0) is 18.8. The maximum absolute atomic E-state index is 12.9. The van der Waals surface area contributed by atoms with Crippen molar-refractivity contribution in [3.63, 3.8) is 0 Å². The number of aromatic nitrogens is 1. The average Bonchev–Trinajstić information content (AvgIpc) is 2.80. The van der Waals surface area contributed by atoms with Gasteiger partial charge in [0.25, 0.3) is 5.91 Å². The first-order chi connectivity index (χ1) is 12.4. The number of nitrogens with zero attached hydrogens (tertiary/aromatic N) is 2. The molecular weight excluding hydrogens is 336 g/mol. The van der Waals surface area contributed by atoms with Crippen molar-refractivity contribution >= 4 is 17.8 Å². The van der Waals surface area contributed by atoms with Crippen LogP contribution in [0.2, 0.25) is 0 Å². The molecule has 0 radical (unpaired) electrons. The van der Waals surface area contributed by atoms with Crippen LogP contribution in [0, 0.1) is 0 Å². The summed E-state index contributed by atoms with van der Waals surface area (Å²) in [4.78, 5) is 41.3. The Bertz CT molecular complexity index is 879. The van der Waals surface area contributed by atoms with Gasteiger partial charge in [0.15, 0.2) is 0 Å². The van der Waals surface area contributed by atoms with E-state index in [9.17, 15) is 14.4 Å². The molecule has 1 aromatic heterocycles. The molecule has 1 aromatic carbocycles. The number of pyridine rings is 1. The number of benzene rings is 1. The molecule has 3 rings (SSSR count). The van der Waals surface area contributed by atoms with Crippen molar-refractivity contribution in [2.45, 2.75) is 33.4 Å². The van der Waals surface area contributed by atoms with Gasteiger partial charge in [-0.25, -0.2) is 0 Å². The van der Waals surface area contributed by atoms with E-state index in [2.05, 4.69) is 4.98 Å². The maximum Gasteiger partial charge on any atom is 0.309 e. The van der Waals surface area contributed by atoms with E-state index in [1.807, 2.05) is 37.3 Å². The minimum absolute atomic E-state index is 0.0114. The van der Waals surface area contributed by atoms with Crippen LogP contribution in [0.25, 0.3) is 0 Å². The molecule has 2 heterocycles. The van der Waals surface area contributed by atoms with Crippen LogP contribution >= 0.6 is 0 Å². The number of fused-ring (bicyclic) bond motifs is 1. The molecule has 1 unspecified atom stereocenters. The normalized spacial score (nSPS) is 15.6. The van der Waals surface area contributed by atoms with Crippen molar-refractivity contribution in [2.75, 3.05) is 0 Å². The fourth-order valence-corrected chi connectivity index (χ4v) is 2.98. The highest BCUT2D eigenvalue weighted by Crippen LogP contribution is 2.41. The van der Waals surface area contributed by atoms with Gasteiger partial charge in [0, 0.05) is 26.5 Å². The molecule has 26 heavy (non-hydrogen) atoms. The minimum atomic E-state index is -0.578. The monoisotopic (exact) mass is 354 g/mol. The van der Waals surface area contributed by atoms with Gasteiger partial charge in [-0.15, -0.1) is 0 Å². The Morgan fingerprint density at radius 1 is 1.12 bits per heavy atom. The van der Waals surface area contributed by atoms with E-state index >= 15 is 0 Å². The third-order valence-corrected chi connectivity index (χ3v) is 4.06. The van der Waals surface area contributed by atoms with Crippen LogP contribution in [0.4, 0.5) is 0 Å². The number of hydrogen-bond acceptors (Lipinski definition) is 6. The van der Waals surface area contributed by atoms with Crippen molar-refractivity contribution in [2.24, 2.45) is 0 Å². The van der Waals surface area contributed by atoms with Gasteiger partial charge in [0.2, 0.25) is 11.8 Å². The van der Waals surface area contributed by atoms with E-state index in [4.69, 9.17) is 9.47 Å². The van der Waals surface area contributed by atoms with Crippen LogP contribution in [-0.2, 0) is 16.1 Å². The van der Waals surface area contributed by atoms with Crippen molar-refractivity contribution in [1.82, 2.24) is 9.88 Å². The highest BCUT2D eigenvalue weighted by atomic mass is 16.6. The summed E-state index contributed by atoms with van der Waals surface area (Å²) in [5.41, 5.74) is 1.80. The molecule has 1 atom stereocenters. The summed E-state index contributed by atoms with van der Waals surface area (Å²) < 4.78 is 10.2. The summed E-state index contributed by atoms with van der Waals surface area (Å²) in [5.74, 6) is -1.47. The predicted molar refractivity (Wildman–Crippen MR) is 91.6 cm³/mol. The van der Waals surface area contributed by atoms with Gasteiger partial charge in [0.1, 0.15) is 0 Å². The molecule has 134 valence electrons. The highest BCUT2D eigenvalue weighted by Gasteiger charge is 2.38. The molecule has 1 aliphatic rings. The second-order valence-corrected chi connectivity index (χ2v) is 6.01. The Hall–Kier alpha value is -3.22. The summed E-state index contributed by atoms with van der Waals surface area (Å²) >= 11 is 0. The fraction of sp³-hybridized carbons (Fsp3) is 0.263. The standard InChI is InChI=1S/C19H18N2O5/c1-11-17-15(19(24)21(11)10-14-7-5-4-6-8-14)9-16(25-12(2)22)20-18(17)26-13(3)23/h4-9,11H,10H2,1-3H3. The molecule has 0 saturated carbocycles. The molecule has 0 bridgehead atoms. The van der Waals surface area contributed by atoms with Gasteiger partial charge in [-0.2, -0.15) is 4.98 Å². The van der Waals surface area contributed by atoms with Gasteiger partial charge in [-0.3, -0.25) is 14.4 Å². The Balaban J connectivity index is 2.01. The lowest BCUT2D eigenvalue weighted by atomic mass is 10.1. The smallest absolute Gasteiger partial charge is 0.309 e. The van der Waals surface area contributed by atoms with Crippen LogP contribution in [0.15, 0.2) is 36.4 Å². The minimum Gasteiger partial charge on any atom is -0.408 e. The van der Waals surface area contributed by atoms with E-state index in [1.54, 1.807) is 4.90 Å². The first-order valence-corrected chi connectivity index (χ1v) is 8.13. The van der Waals surface area contributed by atoms with E-state index in [0.717, 1.165) is 5.56 Å². The van der Waals surface area contributed by atoms with Crippen molar-refractivity contribution in [3.05, 3.63) is 53.1 Å². The second kappa shape index (κ2) is 6.95.